The molecule has 1 aliphatic heterocycles. The summed E-state index contributed by atoms with van der Waals surface area (Å²) >= 11 is 0. The lowest BCUT2D eigenvalue weighted by atomic mass is 10.1. The highest BCUT2D eigenvalue weighted by Gasteiger charge is 2.38. The number of nitrogens with one attached hydrogen (secondary N) is 1. The minimum absolute atomic E-state index is 0.196. The van der Waals surface area contributed by atoms with Gasteiger partial charge < -0.3 is 24.4 Å². The van der Waals surface area contributed by atoms with Gasteiger partial charge in [-0.2, -0.15) is 13.2 Å². The van der Waals surface area contributed by atoms with Crippen molar-refractivity contribution < 1.29 is 41.9 Å². The average Bonchev–Trinajstić information content (AvgIpc) is 3.31. The van der Waals surface area contributed by atoms with Crippen LogP contribution in [0.25, 0.3) is 0 Å². The second-order valence-electron chi connectivity index (χ2n) is 7.74. The summed E-state index contributed by atoms with van der Waals surface area (Å²) in [6.07, 6.45) is -0.460. The number of alkyl halides is 3. The number of ether oxygens (including phenoxy) is 2. The summed E-state index contributed by atoms with van der Waals surface area (Å²) in [7, 11) is 1.60. The van der Waals surface area contributed by atoms with E-state index in [-0.39, 0.29) is 5.91 Å². The van der Waals surface area contributed by atoms with Gasteiger partial charge in [0.25, 0.3) is 5.91 Å². The van der Waals surface area contributed by atoms with Gasteiger partial charge in [0.05, 0.1) is 19.3 Å². The Balaban J connectivity index is 0.000000540. The van der Waals surface area contributed by atoms with E-state index in [0.29, 0.717) is 36.0 Å². The maximum absolute atomic E-state index is 12.5. The summed E-state index contributed by atoms with van der Waals surface area (Å²) in [5.74, 6) is -1.11. The molecule has 1 amide bonds. The Morgan fingerprint density at radius 3 is 2.43 bits per heavy atom. The monoisotopic (exact) mass is 501 g/mol. The Morgan fingerprint density at radius 1 is 1.17 bits per heavy atom. The van der Waals surface area contributed by atoms with Crippen LogP contribution in [0.1, 0.15) is 48.0 Å². The summed E-state index contributed by atoms with van der Waals surface area (Å²) in [5, 5.41) is 13.9. The molecule has 12 heteroatoms. The number of carboxylic acid groups (broad SMARTS) is 1. The molecule has 35 heavy (non-hydrogen) atoms. The number of nitrogens with zero attached hydrogens (tertiary/aromatic N) is 2. The third-order valence-corrected chi connectivity index (χ3v) is 5.18. The standard InChI is InChI=1S/C21H29N3O4.C2HF3O2/c1-3-17-14-18(28-23-17)15-22-21(25)16-7-8-19(26-2)20(13-16)27-12-11-24-9-5-4-6-10-24;3-2(4,5)1(6)7/h7-8,13-14H,3-6,9-12,15H2,1-2H3,(H,22,25);(H,6,7). The Kier molecular flexibility index (Phi) is 10.8. The van der Waals surface area contributed by atoms with E-state index in [1.807, 2.05) is 13.0 Å². The quantitative estimate of drug-likeness (QED) is 0.535. The van der Waals surface area contributed by atoms with Crippen molar-refractivity contribution in [2.24, 2.45) is 0 Å². The van der Waals surface area contributed by atoms with Crippen LogP contribution in [0.4, 0.5) is 13.2 Å². The fourth-order valence-electron chi connectivity index (χ4n) is 3.27. The van der Waals surface area contributed by atoms with Crippen molar-refractivity contribution >= 4 is 11.9 Å². The van der Waals surface area contributed by atoms with Crippen LogP contribution in [0.15, 0.2) is 28.8 Å². The van der Waals surface area contributed by atoms with Crippen molar-refractivity contribution in [1.82, 2.24) is 15.4 Å². The number of carbonyl (C=O) groups excluding carboxylic acids is 1. The van der Waals surface area contributed by atoms with Gasteiger partial charge in [0.2, 0.25) is 0 Å². The number of benzene rings is 1. The smallest absolute Gasteiger partial charge is 0.490 e. The fraction of sp³-hybridized carbons (Fsp3) is 0.522. The molecule has 0 bridgehead atoms. The summed E-state index contributed by atoms with van der Waals surface area (Å²) in [5.41, 5.74) is 1.39. The number of carboxylic acids is 1. The number of rotatable bonds is 9. The lowest BCUT2D eigenvalue weighted by molar-refractivity contribution is -0.192. The number of halogens is 3. The van der Waals surface area contributed by atoms with E-state index in [0.717, 1.165) is 31.7 Å². The summed E-state index contributed by atoms with van der Waals surface area (Å²) in [4.78, 5) is 23.8. The molecule has 9 nitrogen and oxygen atoms in total. The number of aromatic nitrogens is 1. The maximum Gasteiger partial charge on any atom is 0.490 e. The highest BCUT2D eigenvalue weighted by molar-refractivity contribution is 5.94. The molecular weight excluding hydrogens is 471 g/mol. The van der Waals surface area contributed by atoms with Crippen LogP contribution in [0.2, 0.25) is 0 Å². The molecule has 2 heterocycles. The van der Waals surface area contributed by atoms with Crippen molar-refractivity contribution in [3.8, 4) is 11.5 Å². The van der Waals surface area contributed by atoms with Crippen LogP contribution in [-0.2, 0) is 17.8 Å². The van der Waals surface area contributed by atoms with Gasteiger partial charge in [-0.25, -0.2) is 4.79 Å². The van der Waals surface area contributed by atoms with Gasteiger partial charge in [-0.05, 0) is 50.6 Å². The normalized spacial score (nSPS) is 14.0. The minimum atomic E-state index is -5.08. The Bertz CT molecular complexity index is 958. The minimum Gasteiger partial charge on any atom is -0.493 e. The number of piperidine rings is 1. The number of hydrogen-bond donors (Lipinski definition) is 2. The summed E-state index contributed by atoms with van der Waals surface area (Å²) < 4.78 is 48.2. The van der Waals surface area contributed by atoms with Crippen molar-refractivity contribution in [1.29, 1.82) is 0 Å². The van der Waals surface area contributed by atoms with E-state index in [9.17, 15) is 18.0 Å². The molecule has 1 saturated heterocycles. The molecule has 0 atom stereocenters. The zero-order valence-corrected chi connectivity index (χ0v) is 19.7. The van der Waals surface area contributed by atoms with E-state index in [1.165, 1.54) is 19.3 Å². The molecule has 0 aliphatic carbocycles. The van der Waals surface area contributed by atoms with E-state index >= 15 is 0 Å². The SMILES string of the molecule is CCc1cc(CNC(=O)c2ccc(OC)c(OCCN3CCCCC3)c2)on1.O=C(O)C(F)(F)F. The number of aliphatic carboxylic acids is 1. The van der Waals surface area contributed by atoms with Crippen LogP contribution in [0.3, 0.4) is 0 Å². The van der Waals surface area contributed by atoms with E-state index in [2.05, 4.69) is 15.4 Å². The Labute approximate surface area is 201 Å². The molecule has 1 aliphatic rings. The van der Waals surface area contributed by atoms with Gasteiger partial charge in [0, 0.05) is 18.2 Å². The second kappa shape index (κ2) is 13.6. The number of aryl methyl sites for hydroxylation is 1. The van der Waals surface area contributed by atoms with Crippen LogP contribution in [0.5, 0.6) is 11.5 Å². The molecule has 0 spiro atoms. The number of amides is 1. The van der Waals surface area contributed by atoms with E-state index in [1.54, 1.807) is 25.3 Å². The van der Waals surface area contributed by atoms with Gasteiger partial charge in [-0.15, -0.1) is 0 Å². The largest absolute Gasteiger partial charge is 0.493 e. The number of carbonyl (C=O) groups is 2. The highest BCUT2D eigenvalue weighted by Crippen LogP contribution is 2.28. The van der Waals surface area contributed by atoms with Crippen molar-refractivity contribution in [3.63, 3.8) is 0 Å². The van der Waals surface area contributed by atoms with Crippen molar-refractivity contribution in [2.75, 3.05) is 33.4 Å². The Hall–Kier alpha value is -3.28. The second-order valence-corrected chi connectivity index (χ2v) is 7.74. The molecule has 0 unspecified atom stereocenters. The molecule has 1 aromatic heterocycles. The first kappa shape index (κ1) is 28.0. The van der Waals surface area contributed by atoms with Gasteiger partial charge >= 0.3 is 12.1 Å². The topological polar surface area (TPSA) is 114 Å². The first-order chi connectivity index (χ1) is 16.6. The summed E-state index contributed by atoms with van der Waals surface area (Å²) in [6.45, 7) is 6.01. The van der Waals surface area contributed by atoms with Crippen LogP contribution >= 0.6 is 0 Å². The predicted octanol–water partition coefficient (Wildman–Crippen LogP) is 3.67. The zero-order valence-electron chi connectivity index (χ0n) is 19.7. The predicted molar refractivity (Wildman–Crippen MR) is 120 cm³/mol. The maximum atomic E-state index is 12.5. The zero-order chi connectivity index (χ0) is 25.8. The van der Waals surface area contributed by atoms with Crippen LogP contribution < -0.4 is 14.8 Å². The number of likely N-dealkylation sites (tertiary alicyclic amines) is 1. The van der Waals surface area contributed by atoms with E-state index < -0.39 is 12.1 Å². The van der Waals surface area contributed by atoms with Crippen LogP contribution in [-0.4, -0.2) is 66.6 Å². The lowest BCUT2D eigenvalue weighted by Gasteiger charge is -2.26. The number of methoxy groups -OCH3 is 1. The first-order valence-electron chi connectivity index (χ1n) is 11.2. The van der Waals surface area contributed by atoms with Gasteiger partial charge in [0.1, 0.15) is 6.61 Å². The molecule has 2 N–H and O–H groups in total. The van der Waals surface area contributed by atoms with Crippen LogP contribution in [0, 0.1) is 0 Å². The van der Waals surface area contributed by atoms with Crippen molar-refractivity contribution in [3.05, 3.63) is 41.3 Å². The molecule has 0 radical (unpaired) electrons. The average molecular weight is 502 g/mol. The first-order valence-corrected chi connectivity index (χ1v) is 11.2. The van der Waals surface area contributed by atoms with Gasteiger partial charge in [0.15, 0.2) is 17.3 Å². The van der Waals surface area contributed by atoms with Crippen molar-refractivity contribution in [2.45, 2.75) is 45.3 Å². The third-order valence-electron chi connectivity index (χ3n) is 5.18. The Morgan fingerprint density at radius 2 is 1.86 bits per heavy atom. The molecular formula is C23H30F3N3O6. The molecule has 1 aromatic carbocycles. The van der Waals surface area contributed by atoms with E-state index in [4.69, 9.17) is 23.9 Å². The summed E-state index contributed by atoms with van der Waals surface area (Å²) in [6, 6.07) is 7.06. The highest BCUT2D eigenvalue weighted by atomic mass is 19.4. The molecule has 194 valence electrons. The van der Waals surface area contributed by atoms with Gasteiger partial charge in [-0.3, -0.25) is 9.69 Å². The third kappa shape index (κ3) is 9.47. The molecule has 1 fully saturated rings. The molecule has 0 saturated carbocycles. The number of hydrogen-bond acceptors (Lipinski definition) is 7. The fourth-order valence-corrected chi connectivity index (χ4v) is 3.27. The lowest BCUT2D eigenvalue weighted by Crippen LogP contribution is -2.33. The molecule has 3 rings (SSSR count). The molecule has 2 aromatic rings. The van der Waals surface area contributed by atoms with Gasteiger partial charge in [-0.1, -0.05) is 18.5 Å².